The van der Waals surface area contributed by atoms with Crippen molar-refractivity contribution < 1.29 is 28.0 Å². The van der Waals surface area contributed by atoms with Crippen LogP contribution in [0.3, 0.4) is 0 Å². The quantitative estimate of drug-likeness (QED) is 0.215. The maximum atomic E-state index is 12.2. The number of sulfonamides is 1. The Balaban J connectivity index is 1.84. The van der Waals surface area contributed by atoms with Crippen LogP contribution in [0.15, 0.2) is 34.4 Å². The van der Waals surface area contributed by atoms with E-state index in [1.165, 1.54) is 0 Å². The molecule has 2 atom stereocenters. The van der Waals surface area contributed by atoms with Crippen LogP contribution in [0.1, 0.15) is 31.7 Å². The fourth-order valence-electron chi connectivity index (χ4n) is 2.80. The van der Waals surface area contributed by atoms with Gasteiger partial charge in [-0.2, -0.15) is 4.72 Å². The molecule has 0 unspecified atom stereocenters. The number of nitrogens with one attached hydrogen (secondary N) is 2. The summed E-state index contributed by atoms with van der Waals surface area (Å²) in [5, 5.41) is 15.6. The van der Waals surface area contributed by atoms with Gasteiger partial charge < -0.3 is 26.7 Å². The molecule has 0 saturated carbocycles. The van der Waals surface area contributed by atoms with Crippen LogP contribution in [-0.4, -0.2) is 61.5 Å². The summed E-state index contributed by atoms with van der Waals surface area (Å²) in [4.78, 5) is 32.6. The number of aliphatic imine (C=N–C) groups is 1. The average molecular weight is 455 g/mol. The van der Waals surface area contributed by atoms with Crippen molar-refractivity contribution in [1.29, 1.82) is 0 Å². The van der Waals surface area contributed by atoms with Crippen LogP contribution in [-0.2, 0) is 24.4 Å². The normalized spacial score (nSPS) is 16.7. The highest BCUT2D eigenvalue weighted by Crippen LogP contribution is 2.21. The van der Waals surface area contributed by atoms with Crippen LogP contribution in [0, 0.1) is 0 Å². The SMILES string of the molecule is CCCS(=O)(=O)N[C@@H](CNC(=O)C[C@H]1CC(c2ccc(N=C(N)N)cc2)=NO1)C(=O)O. The predicted octanol–water partition coefficient (Wildman–Crippen LogP) is -0.627. The standard InChI is InChI=1S/C18H26N6O6S/c1-2-7-31(28,29)24-15(17(26)27)10-21-16(25)9-13-8-14(23-30-13)11-3-5-12(6-4-11)22-18(19)20/h3-6,13,15,24H,2,7-10H2,1H3,(H,21,25)(H,26,27)(H4,19,20,22)/t13-,15+/m1/s1. The van der Waals surface area contributed by atoms with E-state index >= 15 is 0 Å². The topological polar surface area (TPSA) is 199 Å². The summed E-state index contributed by atoms with van der Waals surface area (Å²) in [6.45, 7) is 1.27. The third-order valence-corrected chi connectivity index (χ3v) is 5.79. The first kappa shape index (κ1) is 24.1. The van der Waals surface area contributed by atoms with Crippen molar-refractivity contribution in [3.05, 3.63) is 29.8 Å². The van der Waals surface area contributed by atoms with Crippen molar-refractivity contribution >= 4 is 39.3 Å². The zero-order valence-electron chi connectivity index (χ0n) is 16.9. The first-order valence-corrected chi connectivity index (χ1v) is 11.2. The molecule has 0 radical (unpaired) electrons. The Labute approximate surface area is 179 Å². The maximum Gasteiger partial charge on any atom is 0.323 e. The molecule has 0 fully saturated rings. The number of benzene rings is 1. The minimum absolute atomic E-state index is 0.0522. The second-order valence-corrected chi connectivity index (χ2v) is 8.76. The molecule has 0 spiro atoms. The van der Waals surface area contributed by atoms with Crippen molar-refractivity contribution in [3.63, 3.8) is 0 Å². The first-order valence-electron chi connectivity index (χ1n) is 9.52. The number of hydrogen-bond donors (Lipinski definition) is 5. The second kappa shape index (κ2) is 10.7. The summed E-state index contributed by atoms with van der Waals surface area (Å²) in [6.07, 6.45) is 0.132. The molecule has 1 heterocycles. The molecule has 31 heavy (non-hydrogen) atoms. The van der Waals surface area contributed by atoms with Gasteiger partial charge in [-0.25, -0.2) is 13.4 Å². The molecule has 170 valence electrons. The molecule has 0 bridgehead atoms. The number of oxime groups is 1. The first-order chi connectivity index (χ1) is 14.6. The van der Waals surface area contributed by atoms with E-state index in [0.717, 1.165) is 5.56 Å². The lowest BCUT2D eigenvalue weighted by Crippen LogP contribution is -2.49. The number of carbonyl (C=O) groups excluding carboxylic acids is 1. The fraction of sp³-hybridized carbons (Fsp3) is 0.444. The van der Waals surface area contributed by atoms with E-state index in [-0.39, 0.29) is 24.7 Å². The van der Waals surface area contributed by atoms with Crippen molar-refractivity contribution in [1.82, 2.24) is 10.0 Å². The molecule has 0 aromatic heterocycles. The summed E-state index contributed by atoms with van der Waals surface area (Å²) in [5.74, 6) is -2.12. The van der Waals surface area contributed by atoms with E-state index in [0.29, 0.717) is 24.2 Å². The Morgan fingerprint density at radius 2 is 2.00 bits per heavy atom. The maximum absolute atomic E-state index is 12.2. The highest BCUT2D eigenvalue weighted by atomic mass is 32.2. The van der Waals surface area contributed by atoms with Crippen molar-refractivity contribution in [2.24, 2.45) is 21.6 Å². The van der Waals surface area contributed by atoms with Gasteiger partial charge in [0.15, 0.2) is 5.96 Å². The van der Waals surface area contributed by atoms with Gasteiger partial charge in [0, 0.05) is 13.0 Å². The third kappa shape index (κ3) is 7.86. The van der Waals surface area contributed by atoms with Crippen molar-refractivity contribution in [2.45, 2.75) is 38.3 Å². The van der Waals surface area contributed by atoms with Crippen LogP contribution in [0.4, 0.5) is 5.69 Å². The average Bonchev–Trinajstić information content (AvgIpc) is 3.13. The molecular formula is C18H26N6O6S. The van der Waals surface area contributed by atoms with Crippen LogP contribution < -0.4 is 21.5 Å². The number of aliphatic carboxylic acids is 1. The molecular weight excluding hydrogens is 428 g/mol. The van der Waals surface area contributed by atoms with Gasteiger partial charge in [0.05, 0.1) is 23.6 Å². The Morgan fingerprint density at radius 1 is 1.32 bits per heavy atom. The van der Waals surface area contributed by atoms with Gasteiger partial charge >= 0.3 is 5.97 Å². The van der Waals surface area contributed by atoms with Crippen LogP contribution in [0.5, 0.6) is 0 Å². The zero-order valence-corrected chi connectivity index (χ0v) is 17.8. The van der Waals surface area contributed by atoms with Gasteiger partial charge in [-0.15, -0.1) is 0 Å². The third-order valence-electron chi connectivity index (χ3n) is 4.20. The smallest absolute Gasteiger partial charge is 0.323 e. The fourth-order valence-corrected chi connectivity index (χ4v) is 4.08. The number of rotatable bonds is 11. The van der Waals surface area contributed by atoms with Crippen LogP contribution >= 0.6 is 0 Å². The Kier molecular flexibility index (Phi) is 8.33. The minimum atomic E-state index is -3.74. The molecule has 13 heteroatoms. The van der Waals surface area contributed by atoms with Gasteiger partial charge in [0.1, 0.15) is 12.1 Å². The van der Waals surface area contributed by atoms with E-state index in [1.54, 1.807) is 31.2 Å². The summed E-state index contributed by atoms with van der Waals surface area (Å²) >= 11 is 0. The summed E-state index contributed by atoms with van der Waals surface area (Å²) in [6, 6.07) is 5.51. The molecule has 2 rings (SSSR count). The van der Waals surface area contributed by atoms with Gasteiger partial charge in [0.25, 0.3) is 0 Å². The van der Waals surface area contributed by atoms with Crippen molar-refractivity contribution in [3.8, 4) is 0 Å². The van der Waals surface area contributed by atoms with Gasteiger partial charge in [-0.3, -0.25) is 9.59 Å². The van der Waals surface area contributed by atoms with Crippen LogP contribution in [0.25, 0.3) is 0 Å². The lowest BCUT2D eigenvalue weighted by atomic mass is 10.0. The van der Waals surface area contributed by atoms with Crippen LogP contribution in [0.2, 0.25) is 0 Å². The van der Waals surface area contributed by atoms with Gasteiger partial charge in [-0.05, 0) is 24.1 Å². The van der Waals surface area contributed by atoms with E-state index in [1.807, 2.05) is 0 Å². The molecule has 1 aromatic carbocycles. The number of guanidine groups is 1. The van der Waals surface area contributed by atoms with Crippen molar-refractivity contribution in [2.75, 3.05) is 12.3 Å². The monoisotopic (exact) mass is 454 g/mol. The molecule has 7 N–H and O–H groups in total. The zero-order chi connectivity index (χ0) is 23.0. The second-order valence-electron chi connectivity index (χ2n) is 6.89. The molecule has 1 aromatic rings. The number of hydrogen-bond acceptors (Lipinski definition) is 7. The molecule has 1 aliphatic heterocycles. The molecule has 1 amide bonds. The summed E-state index contributed by atoms with van der Waals surface area (Å²) < 4.78 is 25.6. The Bertz CT molecular complexity index is 956. The summed E-state index contributed by atoms with van der Waals surface area (Å²) in [7, 11) is -3.74. The van der Waals surface area contributed by atoms with E-state index in [9.17, 15) is 23.1 Å². The van der Waals surface area contributed by atoms with E-state index < -0.39 is 34.0 Å². The number of nitrogens with zero attached hydrogens (tertiary/aromatic N) is 2. The number of nitrogens with two attached hydrogens (primary N) is 2. The molecule has 1 aliphatic rings. The largest absolute Gasteiger partial charge is 0.480 e. The summed E-state index contributed by atoms with van der Waals surface area (Å²) in [5.41, 5.74) is 12.7. The highest BCUT2D eigenvalue weighted by molar-refractivity contribution is 7.89. The molecule has 0 aliphatic carbocycles. The molecule has 12 nitrogen and oxygen atoms in total. The lowest BCUT2D eigenvalue weighted by molar-refractivity contribution is -0.138. The number of amides is 1. The number of carbonyl (C=O) groups is 2. The number of carboxylic acid groups (broad SMARTS) is 1. The van der Waals surface area contributed by atoms with Gasteiger partial charge in [0.2, 0.25) is 15.9 Å². The number of carboxylic acids is 1. The minimum Gasteiger partial charge on any atom is -0.480 e. The predicted molar refractivity (Wildman–Crippen MR) is 114 cm³/mol. The lowest BCUT2D eigenvalue weighted by Gasteiger charge is -2.16. The highest BCUT2D eigenvalue weighted by Gasteiger charge is 2.27. The van der Waals surface area contributed by atoms with E-state index in [4.69, 9.17) is 16.3 Å². The Hall–Kier alpha value is -3.19. The van der Waals surface area contributed by atoms with E-state index in [2.05, 4.69) is 20.2 Å². The van der Waals surface area contributed by atoms with Gasteiger partial charge in [-0.1, -0.05) is 24.2 Å². The molecule has 0 saturated heterocycles. The Morgan fingerprint density at radius 3 is 2.58 bits per heavy atom.